The van der Waals surface area contributed by atoms with Crippen LogP contribution in [0.1, 0.15) is 73.7 Å². The molecule has 2 aromatic heterocycles. The van der Waals surface area contributed by atoms with Crippen molar-refractivity contribution in [1.29, 1.82) is 0 Å². The Labute approximate surface area is 214 Å². The molecule has 6 rings (SSSR count). The number of fused-ring (bicyclic) bond motifs is 2. The summed E-state index contributed by atoms with van der Waals surface area (Å²) in [6, 6.07) is 10.0. The van der Waals surface area contributed by atoms with E-state index in [1.165, 1.54) is 49.7 Å². The van der Waals surface area contributed by atoms with Crippen LogP contribution in [0.5, 0.6) is 0 Å². The molecule has 36 heavy (non-hydrogen) atoms. The van der Waals surface area contributed by atoms with E-state index in [9.17, 15) is 4.79 Å². The van der Waals surface area contributed by atoms with Gasteiger partial charge in [-0.1, -0.05) is 38.0 Å². The summed E-state index contributed by atoms with van der Waals surface area (Å²) in [4.78, 5) is 26.8. The normalized spacial score (nSPS) is 20.5. The van der Waals surface area contributed by atoms with E-state index in [4.69, 9.17) is 4.98 Å². The molecular formula is C29H40N6O. The summed E-state index contributed by atoms with van der Waals surface area (Å²) < 4.78 is 2.20. The summed E-state index contributed by atoms with van der Waals surface area (Å²) in [6.07, 6.45) is 13.4. The Balaban J connectivity index is 1.09. The molecule has 1 aliphatic carbocycles. The average molecular weight is 489 g/mol. The van der Waals surface area contributed by atoms with Crippen LogP contribution in [0.3, 0.4) is 0 Å². The second kappa shape index (κ2) is 10.4. The molecule has 1 aromatic carbocycles. The fraction of sp³-hybridized carbons (Fsp3) is 0.586. The number of imidazole rings is 1. The van der Waals surface area contributed by atoms with Crippen LogP contribution in [0.2, 0.25) is 0 Å². The van der Waals surface area contributed by atoms with Gasteiger partial charge in [-0.05, 0) is 63.2 Å². The number of aromatic amines is 1. The molecule has 1 saturated heterocycles. The third-order valence-corrected chi connectivity index (χ3v) is 8.53. The standard InChI is InChI=1S/C29H40N6O/c1-2-3-6-22(17-21-18-30-26-8-5-4-7-25(21)26)31-29(36)27-19-35-16-15-34(20-28(35)32-27)24-11-13-33(14-12-24)23-9-10-23/h4-5,7-8,18-19,22-24,30H,2-3,6,9-17,20H2,1H3,(H,31,36). The van der Waals surface area contributed by atoms with E-state index >= 15 is 0 Å². The third-order valence-electron chi connectivity index (χ3n) is 8.53. The van der Waals surface area contributed by atoms with Gasteiger partial charge in [0.15, 0.2) is 0 Å². The average Bonchev–Trinajstić information content (AvgIpc) is 3.55. The van der Waals surface area contributed by atoms with Crippen molar-refractivity contribution in [3.05, 3.63) is 53.7 Å². The third kappa shape index (κ3) is 5.09. The van der Waals surface area contributed by atoms with Gasteiger partial charge in [-0.15, -0.1) is 0 Å². The Hall–Kier alpha value is -2.64. The fourth-order valence-corrected chi connectivity index (χ4v) is 6.25. The van der Waals surface area contributed by atoms with Gasteiger partial charge in [0.25, 0.3) is 5.91 Å². The Morgan fingerprint density at radius 2 is 1.89 bits per heavy atom. The maximum absolute atomic E-state index is 13.3. The molecule has 3 aromatic rings. The van der Waals surface area contributed by atoms with Gasteiger partial charge in [-0.2, -0.15) is 0 Å². The minimum atomic E-state index is -0.0397. The number of H-pyrrole nitrogens is 1. The summed E-state index contributed by atoms with van der Waals surface area (Å²) in [6.45, 7) is 7.52. The molecule has 0 bridgehead atoms. The molecule has 7 nitrogen and oxygen atoms in total. The number of unbranched alkanes of at least 4 members (excludes halogenated alkanes) is 1. The highest BCUT2D eigenvalue weighted by atomic mass is 16.2. The molecular weight excluding hydrogens is 448 g/mol. The number of nitrogens with zero attached hydrogens (tertiary/aromatic N) is 4. The number of carbonyl (C=O) groups is 1. The van der Waals surface area contributed by atoms with E-state index in [0.29, 0.717) is 11.7 Å². The minimum Gasteiger partial charge on any atom is -0.361 e. The van der Waals surface area contributed by atoms with E-state index in [1.54, 1.807) is 0 Å². The molecule has 1 atom stereocenters. The smallest absolute Gasteiger partial charge is 0.271 e. The molecule has 192 valence electrons. The zero-order valence-corrected chi connectivity index (χ0v) is 21.6. The van der Waals surface area contributed by atoms with Crippen LogP contribution in [0.25, 0.3) is 10.9 Å². The van der Waals surface area contributed by atoms with Crippen LogP contribution in [0.4, 0.5) is 0 Å². The highest BCUT2D eigenvalue weighted by Gasteiger charge is 2.34. The highest BCUT2D eigenvalue weighted by molar-refractivity contribution is 5.92. The molecule has 2 fully saturated rings. The number of hydrogen-bond acceptors (Lipinski definition) is 4. The molecule has 4 heterocycles. The number of hydrogen-bond donors (Lipinski definition) is 2. The SMILES string of the molecule is CCCCC(Cc1c[nH]c2ccccc12)NC(=O)c1cn2c(n1)CN(C1CCN(C3CC3)CC1)CC2. The first-order valence-electron chi connectivity index (χ1n) is 14.1. The van der Waals surface area contributed by atoms with Gasteiger partial charge >= 0.3 is 0 Å². The van der Waals surface area contributed by atoms with Crippen LogP contribution >= 0.6 is 0 Å². The minimum absolute atomic E-state index is 0.0397. The van der Waals surface area contributed by atoms with Crippen molar-refractivity contribution in [1.82, 2.24) is 29.7 Å². The van der Waals surface area contributed by atoms with Gasteiger partial charge < -0.3 is 19.8 Å². The second-order valence-electron chi connectivity index (χ2n) is 11.1. The summed E-state index contributed by atoms with van der Waals surface area (Å²) in [5.74, 6) is 1.000. The van der Waals surface area contributed by atoms with Gasteiger partial charge in [-0.25, -0.2) is 4.98 Å². The van der Waals surface area contributed by atoms with Crippen molar-refractivity contribution < 1.29 is 4.79 Å². The lowest BCUT2D eigenvalue weighted by Gasteiger charge is -2.40. The first-order chi connectivity index (χ1) is 17.7. The largest absolute Gasteiger partial charge is 0.361 e. The fourth-order valence-electron chi connectivity index (χ4n) is 6.25. The van der Waals surface area contributed by atoms with Crippen LogP contribution in [0, 0.1) is 0 Å². The molecule has 0 spiro atoms. The molecule has 1 amide bonds. The van der Waals surface area contributed by atoms with Crippen molar-refractivity contribution >= 4 is 16.8 Å². The molecule has 7 heteroatoms. The van der Waals surface area contributed by atoms with E-state index < -0.39 is 0 Å². The molecule has 2 N–H and O–H groups in total. The van der Waals surface area contributed by atoms with E-state index in [1.807, 2.05) is 6.20 Å². The molecule has 0 radical (unpaired) electrons. The zero-order valence-electron chi connectivity index (χ0n) is 21.6. The second-order valence-corrected chi connectivity index (χ2v) is 11.1. The van der Waals surface area contributed by atoms with Crippen LogP contribution in [-0.4, -0.2) is 68.0 Å². The summed E-state index contributed by atoms with van der Waals surface area (Å²) in [5, 5.41) is 4.57. The van der Waals surface area contributed by atoms with Gasteiger partial charge in [0, 0.05) is 54.5 Å². The topological polar surface area (TPSA) is 69.2 Å². The summed E-state index contributed by atoms with van der Waals surface area (Å²) >= 11 is 0. The quantitative estimate of drug-likeness (QED) is 0.470. The van der Waals surface area contributed by atoms with Crippen LogP contribution in [0.15, 0.2) is 36.7 Å². The van der Waals surface area contributed by atoms with Crippen LogP contribution in [-0.2, 0) is 19.5 Å². The Morgan fingerprint density at radius 3 is 2.69 bits per heavy atom. The predicted molar refractivity (Wildman–Crippen MR) is 143 cm³/mol. The van der Waals surface area contributed by atoms with Crippen molar-refractivity contribution in [2.75, 3.05) is 19.6 Å². The number of rotatable bonds is 9. The van der Waals surface area contributed by atoms with Crippen molar-refractivity contribution in [3.63, 3.8) is 0 Å². The Kier molecular flexibility index (Phi) is 6.85. The lowest BCUT2D eigenvalue weighted by atomic mass is 10.0. The van der Waals surface area contributed by atoms with Gasteiger partial charge in [0.1, 0.15) is 11.5 Å². The molecule has 1 unspecified atom stereocenters. The van der Waals surface area contributed by atoms with Gasteiger partial charge in [-0.3, -0.25) is 9.69 Å². The number of benzene rings is 1. The summed E-state index contributed by atoms with van der Waals surface area (Å²) in [7, 11) is 0. The molecule has 3 aliphatic rings. The monoisotopic (exact) mass is 488 g/mol. The van der Waals surface area contributed by atoms with Crippen LogP contribution < -0.4 is 5.32 Å². The first kappa shape index (κ1) is 23.7. The first-order valence-corrected chi connectivity index (χ1v) is 14.1. The van der Waals surface area contributed by atoms with E-state index in [0.717, 1.165) is 62.7 Å². The Bertz CT molecular complexity index is 1190. The maximum atomic E-state index is 13.3. The number of aromatic nitrogens is 3. The number of piperidine rings is 1. The number of para-hydroxylation sites is 1. The molecule has 1 saturated carbocycles. The zero-order chi connectivity index (χ0) is 24.5. The highest BCUT2D eigenvalue weighted by Crippen LogP contribution is 2.31. The Morgan fingerprint density at radius 1 is 1.08 bits per heavy atom. The lowest BCUT2D eigenvalue weighted by molar-refractivity contribution is 0.0827. The number of amides is 1. The van der Waals surface area contributed by atoms with E-state index in [2.05, 4.69) is 62.1 Å². The van der Waals surface area contributed by atoms with Gasteiger partial charge in [0.2, 0.25) is 0 Å². The lowest BCUT2D eigenvalue weighted by Crippen LogP contribution is -2.47. The molecule has 2 aliphatic heterocycles. The summed E-state index contributed by atoms with van der Waals surface area (Å²) in [5.41, 5.74) is 2.98. The number of carbonyl (C=O) groups excluding carboxylic acids is 1. The van der Waals surface area contributed by atoms with E-state index in [-0.39, 0.29) is 11.9 Å². The predicted octanol–water partition coefficient (Wildman–Crippen LogP) is 4.34. The maximum Gasteiger partial charge on any atom is 0.271 e. The van der Waals surface area contributed by atoms with Gasteiger partial charge in [0.05, 0.1) is 6.54 Å². The van der Waals surface area contributed by atoms with Crippen molar-refractivity contribution in [2.24, 2.45) is 0 Å². The van der Waals surface area contributed by atoms with Crippen molar-refractivity contribution in [2.45, 2.75) is 89.5 Å². The number of likely N-dealkylation sites (tertiary alicyclic amines) is 1. The van der Waals surface area contributed by atoms with Crippen molar-refractivity contribution in [3.8, 4) is 0 Å². The number of nitrogens with one attached hydrogen (secondary N) is 2.